The Kier molecular flexibility index (Phi) is 6.51. The van der Waals surface area contributed by atoms with E-state index in [2.05, 4.69) is 45.8 Å². The van der Waals surface area contributed by atoms with Gasteiger partial charge in [-0.15, -0.1) is 11.3 Å². The fourth-order valence-corrected chi connectivity index (χ4v) is 3.43. The molecule has 0 radical (unpaired) electrons. The first-order valence-electron chi connectivity index (χ1n) is 7.89. The summed E-state index contributed by atoms with van der Waals surface area (Å²) in [5, 5.41) is 8.94. The van der Waals surface area contributed by atoms with Gasteiger partial charge in [-0.25, -0.2) is 0 Å². The van der Waals surface area contributed by atoms with Crippen LogP contribution in [-0.4, -0.2) is 44.1 Å². The second kappa shape index (κ2) is 8.39. The van der Waals surface area contributed by atoms with Crippen LogP contribution < -0.4 is 10.6 Å². The molecule has 0 saturated carbocycles. The van der Waals surface area contributed by atoms with Crippen LogP contribution in [-0.2, 0) is 6.54 Å². The van der Waals surface area contributed by atoms with E-state index < -0.39 is 0 Å². The van der Waals surface area contributed by atoms with Crippen LogP contribution in [0.5, 0.6) is 0 Å². The molecule has 0 aromatic carbocycles. The number of guanidine groups is 1. The lowest BCUT2D eigenvalue weighted by molar-refractivity contribution is 0.195. The quantitative estimate of drug-likeness (QED) is 0.648. The van der Waals surface area contributed by atoms with Gasteiger partial charge in [0.05, 0.1) is 6.54 Å². The van der Waals surface area contributed by atoms with E-state index in [4.69, 9.17) is 0 Å². The molecule has 4 nitrogen and oxygen atoms in total. The molecule has 1 aromatic rings. The maximum Gasteiger partial charge on any atom is 0.191 e. The second-order valence-electron chi connectivity index (χ2n) is 5.90. The van der Waals surface area contributed by atoms with Crippen molar-refractivity contribution in [3.63, 3.8) is 0 Å². The molecule has 2 rings (SSSR count). The number of nitrogens with one attached hydrogen (secondary N) is 2. The summed E-state index contributed by atoms with van der Waals surface area (Å²) < 4.78 is 0. The Morgan fingerprint density at radius 3 is 2.76 bits per heavy atom. The summed E-state index contributed by atoms with van der Waals surface area (Å²) in [4.78, 5) is 8.22. The first-order chi connectivity index (χ1) is 10.2. The van der Waals surface area contributed by atoms with E-state index in [-0.39, 0.29) is 0 Å². The highest BCUT2D eigenvalue weighted by atomic mass is 32.1. The number of nitrogens with zero attached hydrogens (tertiary/aromatic N) is 2. The Bertz CT molecular complexity index is 447. The van der Waals surface area contributed by atoms with Gasteiger partial charge in [0.25, 0.3) is 0 Å². The molecule has 1 aromatic heterocycles. The van der Waals surface area contributed by atoms with Crippen LogP contribution in [0.15, 0.2) is 16.4 Å². The van der Waals surface area contributed by atoms with Crippen molar-refractivity contribution in [1.29, 1.82) is 0 Å². The number of thiophene rings is 1. The largest absolute Gasteiger partial charge is 0.355 e. The van der Waals surface area contributed by atoms with Crippen molar-refractivity contribution in [1.82, 2.24) is 15.5 Å². The molecule has 118 valence electrons. The summed E-state index contributed by atoms with van der Waals surface area (Å²) in [6, 6.07) is 2.16. The second-order valence-corrected chi connectivity index (χ2v) is 6.90. The van der Waals surface area contributed by atoms with Gasteiger partial charge in [-0.2, -0.15) is 0 Å². The highest BCUT2D eigenvalue weighted by Crippen LogP contribution is 2.15. The zero-order valence-corrected chi connectivity index (χ0v) is 14.3. The molecule has 0 amide bonds. The SMILES string of the molecule is CN=C(NCCN1CCC(C)CC1)NCc1sccc1C. The first-order valence-corrected chi connectivity index (χ1v) is 8.77. The molecule has 21 heavy (non-hydrogen) atoms. The molecule has 1 fully saturated rings. The minimum Gasteiger partial charge on any atom is -0.355 e. The third-order valence-electron chi connectivity index (χ3n) is 4.20. The van der Waals surface area contributed by atoms with Crippen LogP contribution in [0.1, 0.15) is 30.2 Å². The summed E-state index contributed by atoms with van der Waals surface area (Å²) in [7, 11) is 1.83. The van der Waals surface area contributed by atoms with Gasteiger partial charge in [-0.1, -0.05) is 6.92 Å². The average Bonchev–Trinajstić information content (AvgIpc) is 2.90. The van der Waals surface area contributed by atoms with Gasteiger partial charge in [-0.3, -0.25) is 4.99 Å². The molecule has 2 N–H and O–H groups in total. The van der Waals surface area contributed by atoms with Crippen LogP contribution >= 0.6 is 11.3 Å². The third kappa shape index (κ3) is 5.32. The van der Waals surface area contributed by atoms with Gasteiger partial charge in [0, 0.05) is 25.0 Å². The Labute approximate surface area is 132 Å². The monoisotopic (exact) mass is 308 g/mol. The van der Waals surface area contributed by atoms with Crippen LogP contribution in [0.4, 0.5) is 0 Å². The maximum absolute atomic E-state index is 4.29. The van der Waals surface area contributed by atoms with Crippen LogP contribution in [0.2, 0.25) is 0 Å². The predicted octanol–water partition coefficient (Wildman–Crippen LogP) is 2.45. The van der Waals surface area contributed by atoms with Gasteiger partial charge in [0.15, 0.2) is 5.96 Å². The Morgan fingerprint density at radius 2 is 2.14 bits per heavy atom. The van der Waals surface area contributed by atoms with E-state index in [9.17, 15) is 0 Å². The molecule has 0 spiro atoms. The number of hydrogen-bond acceptors (Lipinski definition) is 3. The summed E-state index contributed by atoms with van der Waals surface area (Å²) in [6.07, 6.45) is 2.68. The first kappa shape index (κ1) is 16.3. The molecule has 1 aliphatic heterocycles. The van der Waals surface area contributed by atoms with Crippen LogP contribution in [0, 0.1) is 12.8 Å². The number of aryl methyl sites for hydroxylation is 1. The molecule has 0 aliphatic carbocycles. The van der Waals surface area contributed by atoms with E-state index in [0.29, 0.717) is 0 Å². The van der Waals surface area contributed by atoms with E-state index in [1.165, 1.54) is 36.4 Å². The van der Waals surface area contributed by atoms with Crippen LogP contribution in [0.3, 0.4) is 0 Å². The lowest BCUT2D eigenvalue weighted by atomic mass is 9.99. The topological polar surface area (TPSA) is 39.7 Å². The van der Waals surface area contributed by atoms with Crippen molar-refractivity contribution < 1.29 is 0 Å². The van der Waals surface area contributed by atoms with E-state index >= 15 is 0 Å². The number of piperidine rings is 1. The standard InChI is InChI=1S/C16H28N4S/c1-13-4-8-20(9-5-13)10-7-18-16(17-3)19-12-15-14(2)6-11-21-15/h6,11,13H,4-5,7-10,12H2,1-3H3,(H2,17,18,19). The third-order valence-corrected chi connectivity index (χ3v) is 5.23. The van der Waals surface area contributed by atoms with Crippen molar-refractivity contribution in [2.75, 3.05) is 33.2 Å². The highest BCUT2D eigenvalue weighted by molar-refractivity contribution is 7.10. The molecule has 1 saturated heterocycles. The fraction of sp³-hybridized carbons (Fsp3) is 0.688. The Morgan fingerprint density at radius 1 is 1.38 bits per heavy atom. The summed E-state index contributed by atoms with van der Waals surface area (Å²) >= 11 is 1.80. The molecular weight excluding hydrogens is 280 g/mol. The van der Waals surface area contributed by atoms with Gasteiger partial charge in [-0.05, 0) is 55.8 Å². The molecule has 2 heterocycles. The summed E-state index contributed by atoms with van der Waals surface area (Å²) in [5.41, 5.74) is 1.35. The summed E-state index contributed by atoms with van der Waals surface area (Å²) in [5.74, 6) is 1.80. The Balaban J connectivity index is 1.65. The lowest BCUT2D eigenvalue weighted by Gasteiger charge is -2.30. The van der Waals surface area contributed by atoms with Gasteiger partial charge in [0.1, 0.15) is 0 Å². The average molecular weight is 308 g/mol. The number of aliphatic imine (C=N–C) groups is 1. The predicted molar refractivity (Wildman–Crippen MR) is 92.1 cm³/mol. The molecular formula is C16H28N4S. The maximum atomic E-state index is 4.29. The van der Waals surface area contributed by atoms with Crippen LogP contribution in [0.25, 0.3) is 0 Å². The molecule has 0 bridgehead atoms. The van der Waals surface area contributed by atoms with E-state index in [1.54, 1.807) is 11.3 Å². The van der Waals surface area contributed by atoms with Crippen molar-refractivity contribution in [3.8, 4) is 0 Å². The zero-order valence-electron chi connectivity index (χ0n) is 13.5. The van der Waals surface area contributed by atoms with Gasteiger partial charge in [0.2, 0.25) is 0 Å². The number of hydrogen-bond donors (Lipinski definition) is 2. The molecule has 1 aliphatic rings. The minimum absolute atomic E-state index is 0.852. The van der Waals surface area contributed by atoms with Crippen molar-refractivity contribution >= 4 is 17.3 Å². The Hall–Kier alpha value is -1.07. The normalized spacial score (nSPS) is 18.0. The zero-order chi connectivity index (χ0) is 15.1. The van der Waals surface area contributed by atoms with E-state index in [1.807, 2.05) is 7.05 Å². The van der Waals surface area contributed by atoms with Gasteiger partial charge >= 0.3 is 0 Å². The molecule has 0 atom stereocenters. The van der Waals surface area contributed by atoms with Gasteiger partial charge < -0.3 is 15.5 Å². The number of likely N-dealkylation sites (tertiary alicyclic amines) is 1. The smallest absolute Gasteiger partial charge is 0.191 e. The van der Waals surface area contributed by atoms with Crippen molar-refractivity contribution in [2.45, 2.75) is 33.2 Å². The lowest BCUT2D eigenvalue weighted by Crippen LogP contribution is -2.43. The van der Waals surface area contributed by atoms with Crippen molar-refractivity contribution in [2.24, 2.45) is 10.9 Å². The fourth-order valence-electron chi connectivity index (χ4n) is 2.59. The van der Waals surface area contributed by atoms with E-state index in [0.717, 1.165) is 31.5 Å². The number of rotatable bonds is 5. The minimum atomic E-state index is 0.852. The molecule has 5 heteroatoms. The summed E-state index contributed by atoms with van der Waals surface area (Å²) in [6.45, 7) is 9.90. The van der Waals surface area contributed by atoms with Crippen molar-refractivity contribution in [3.05, 3.63) is 21.9 Å². The molecule has 0 unspecified atom stereocenters. The highest BCUT2D eigenvalue weighted by Gasteiger charge is 2.14.